The van der Waals surface area contributed by atoms with Gasteiger partial charge in [0.15, 0.2) is 5.17 Å². The van der Waals surface area contributed by atoms with E-state index in [1.54, 1.807) is 13.3 Å². The maximum atomic E-state index is 11.3. The number of thioether (sulfide) groups is 1. The first-order valence-electron chi connectivity index (χ1n) is 6.76. The molecule has 2 heterocycles. The highest BCUT2D eigenvalue weighted by Gasteiger charge is 2.25. The molecule has 0 radical (unpaired) electrons. The molecule has 0 spiro atoms. The molecule has 112 valence electrons. The van der Waals surface area contributed by atoms with Crippen molar-refractivity contribution in [1.29, 1.82) is 0 Å². The van der Waals surface area contributed by atoms with Crippen LogP contribution in [0.1, 0.15) is 11.6 Å². The molecule has 6 heteroatoms. The molecule has 1 atom stereocenters. The van der Waals surface area contributed by atoms with Crippen molar-refractivity contribution < 1.29 is 9.53 Å². The Morgan fingerprint density at radius 3 is 2.73 bits per heavy atom. The van der Waals surface area contributed by atoms with Crippen LogP contribution in [0.25, 0.3) is 0 Å². The first kappa shape index (κ1) is 14.6. The molecule has 2 aromatic rings. The normalized spacial score (nSPS) is 16.5. The van der Waals surface area contributed by atoms with E-state index in [0.717, 1.165) is 33.5 Å². The lowest BCUT2D eigenvalue weighted by Crippen LogP contribution is -2.27. The van der Waals surface area contributed by atoms with Crippen molar-refractivity contribution in [1.82, 2.24) is 4.98 Å². The number of aliphatic imine (C=N–C) groups is 1. The molecule has 0 saturated heterocycles. The maximum absolute atomic E-state index is 11.3. The second-order valence-electron chi connectivity index (χ2n) is 4.75. The van der Waals surface area contributed by atoms with Gasteiger partial charge in [0.2, 0.25) is 0 Å². The number of hydrogen-bond donors (Lipinski definition) is 0. The fraction of sp³-hybridized carbons (Fsp3) is 0.188. The quantitative estimate of drug-likeness (QED) is 0.816. The maximum Gasteiger partial charge on any atom is 0.170 e. The minimum Gasteiger partial charge on any atom is -0.497 e. The lowest BCUT2D eigenvalue weighted by atomic mass is 10.1. The summed E-state index contributed by atoms with van der Waals surface area (Å²) in [5.74, 6) is 0.799. The van der Waals surface area contributed by atoms with Gasteiger partial charge in [-0.3, -0.25) is 0 Å². The number of anilines is 1. The SMILES string of the molecule is COc1ccc(N(C)C2=NC(C=O)c3cccnc3S2)cc1. The Kier molecular flexibility index (Phi) is 4.11. The molecular weight excluding hydrogens is 298 g/mol. The van der Waals surface area contributed by atoms with Gasteiger partial charge in [-0.25, -0.2) is 9.98 Å². The number of ether oxygens (including phenoxy) is 1. The van der Waals surface area contributed by atoms with E-state index in [-0.39, 0.29) is 0 Å². The Morgan fingerprint density at radius 2 is 2.05 bits per heavy atom. The number of nitrogens with zero attached hydrogens (tertiary/aromatic N) is 3. The van der Waals surface area contributed by atoms with Crippen LogP contribution in [0, 0.1) is 0 Å². The smallest absolute Gasteiger partial charge is 0.170 e. The standard InChI is InChI=1S/C16H15N3O2S/c1-19(11-5-7-12(21-2)8-6-11)16-18-14(10-20)13-4-3-9-17-15(13)22-16/h3-10,14H,1-2H3. The zero-order valence-corrected chi connectivity index (χ0v) is 13.1. The summed E-state index contributed by atoms with van der Waals surface area (Å²) in [4.78, 5) is 22.1. The molecule has 0 bridgehead atoms. The molecule has 1 aliphatic rings. The molecule has 3 rings (SSSR count). The molecule has 0 amide bonds. The molecule has 5 nitrogen and oxygen atoms in total. The van der Waals surface area contributed by atoms with Gasteiger partial charge < -0.3 is 14.4 Å². The van der Waals surface area contributed by atoms with Crippen LogP contribution >= 0.6 is 11.8 Å². The summed E-state index contributed by atoms with van der Waals surface area (Å²) in [6.07, 6.45) is 2.58. The van der Waals surface area contributed by atoms with E-state index in [4.69, 9.17) is 4.74 Å². The minimum atomic E-state index is -0.499. The topological polar surface area (TPSA) is 54.8 Å². The number of benzene rings is 1. The summed E-state index contributed by atoms with van der Waals surface area (Å²) in [7, 11) is 3.56. The number of carbonyl (C=O) groups excluding carboxylic acids is 1. The van der Waals surface area contributed by atoms with Gasteiger partial charge in [-0.1, -0.05) is 6.07 Å². The Balaban J connectivity index is 1.91. The molecule has 0 saturated carbocycles. The third-order valence-electron chi connectivity index (χ3n) is 3.43. The number of pyridine rings is 1. The van der Waals surface area contributed by atoms with E-state index in [0.29, 0.717) is 0 Å². The first-order valence-corrected chi connectivity index (χ1v) is 7.58. The molecule has 0 N–H and O–H groups in total. The first-order chi connectivity index (χ1) is 10.7. The van der Waals surface area contributed by atoms with Gasteiger partial charge in [-0.05, 0) is 42.1 Å². The van der Waals surface area contributed by atoms with Crippen molar-refractivity contribution in [2.24, 2.45) is 4.99 Å². The van der Waals surface area contributed by atoms with E-state index < -0.39 is 6.04 Å². The van der Waals surface area contributed by atoms with Crippen LogP contribution in [0.4, 0.5) is 5.69 Å². The number of aromatic nitrogens is 1. The molecule has 1 aromatic heterocycles. The van der Waals surface area contributed by atoms with Crippen molar-refractivity contribution in [3.05, 3.63) is 48.2 Å². The highest BCUT2D eigenvalue weighted by Crippen LogP contribution is 2.35. The molecular formula is C16H15N3O2S. The van der Waals surface area contributed by atoms with Crippen molar-refractivity contribution in [3.63, 3.8) is 0 Å². The third kappa shape index (κ3) is 2.69. The highest BCUT2D eigenvalue weighted by atomic mass is 32.2. The Hall–Kier alpha value is -2.34. The Bertz CT molecular complexity index is 716. The van der Waals surface area contributed by atoms with E-state index in [1.807, 2.05) is 48.3 Å². The van der Waals surface area contributed by atoms with Gasteiger partial charge in [0.1, 0.15) is 23.1 Å². The van der Waals surface area contributed by atoms with Crippen LogP contribution in [0.3, 0.4) is 0 Å². The molecule has 1 aliphatic heterocycles. The fourth-order valence-corrected chi connectivity index (χ4v) is 3.19. The largest absolute Gasteiger partial charge is 0.497 e. The van der Waals surface area contributed by atoms with Gasteiger partial charge in [0, 0.05) is 24.5 Å². The second kappa shape index (κ2) is 6.19. The van der Waals surface area contributed by atoms with Crippen LogP contribution in [0.2, 0.25) is 0 Å². The van der Waals surface area contributed by atoms with Crippen molar-refractivity contribution in [2.45, 2.75) is 11.1 Å². The summed E-state index contributed by atoms with van der Waals surface area (Å²) < 4.78 is 5.17. The number of carbonyl (C=O) groups is 1. The zero-order valence-electron chi connectivity index (χ0n) is 12.3. The molecule has 0 aliphatic carbocycles. The van der Waals surface area contributed by atoms with Crippen LogP contribution < -0.4 is 9.64 Å². The monoisotopic (exact) mass is 313 g/mol. The third-order valence-corrected chi connectivity index (χ3v) is 4.53. The summed E-state index contributed by atoms with van der Waals surface area (Å²) >= 11 is 1.46. The van der Waals surface area contributed by atoms with Crippen LogP contribution in [-0.2, 0) is 4.79 Å². The zero-order chi connectivity index (χ0) is 15.5. The number of amidine groups is 1. The van der Waals surface area contributed by atoms with Gasteiger partial charge in [0.05, 0.1) is 7.11 Å². The van der Waals surface area contributed by atoms with Gasteiger partial charge in [-0.2, -0.15) is 0 Å². The van der Waals surface area contributed by atoms with E-state index in [9.17, 15) is 4.79 Å². The minimum absolute atomic E-state index is 0.499. The number of fused-ring (bicyclic) bond motifs is 1. The molecule has 0 fully saturated rings. The number of hydrogen-bond acceptors (Lipinski definition) is 6. The van der Waals surface area contributed by atoms with Crippen molar-refractivity contribution in [3.8, 4) is 5.75 Å². The van der Waals surface area contributed by atoms with Crippen LogP contribution in [0.15, 0.2) is 52.6 Å². The van der Waals surface area contributed by atoms with Gasteiger partial charge >= 0.3 is 0 Å². The Morgan fingerprint density at radius 1 is 1.27 bits per heavy atom. The van der Waals surface area contributed by atoms with Gasteiger partial charge in [-0.15, -0.1) is 0 Å². The number of aldehydes is 1. The average molecular weight is 313 g/mol. The fourth-order valence-electron chi connectivity index (χ4n) is 2.19. The van der Waals surface area contributed by atoms with Crippen molar-refractivity contribution >= 4 is 28.9 Å². The summed E-state index contributed by atoms with van der Waals surface area (Å²) in [5, 5.41) is 1.57. The summed E-state index contributed by atoms with van der Waals surface area (Å²) in [5.41, 5.74) is 1.82. The lowest BCUT2D eigenvalue weighted by molar-refractivity contribution is -0.109. The van der Waals surface area contributed by atoms with E-state index in [1.165, 1.54) is 11.8 Å². The van der Waals surface area contributed by atoms with Crippen molar-refractivity contribution in [2.75, 3.05) is 19.1 Å². The summed E-state index contributed by atoms with van der Waals surface area (Å²) in [6, 6.07) is 10.9. The number of rotatable bonds is 3. The Labute approximate surface area is 133 Å². The predicted molar refractivity (Wildman–Crippen MR) is 87.7 cm³/mol. The van der Waals surface area contributed by atoms with E-state index in [2.05, 4.69) is 9.98 Å². The van der Waals surface area contributed by atoms with E-state index >= 15 is 0 Å². The highest BCUT2D eigenvalue weighted by molar-refractivity contribution is 8.14. The second-order valence-corrected chi connectivity index (χ2v) is 5.71. The van der Waals surface area contributed by atoms with Crippen LogP contribution in [0.5, 0.6) is 5.75 Å². The predicted octanol–water partition coefficient (Wildman–Crippen LogP) is 2.93. The molecule has 22 heavy (non-hydrogen) atoms. The lowest BCUT2D eigenvalue weighted by Gasteiger charge is -2.26. The van der Waals surface area contributed by atoms with Crippen LogP contribution in [-0.4, -0.2) is 30.6 Å². The van der Waals surface area contributed by atoms with Gasteiger partial charge in [0.25, 0.3) is 0 Å². The molecule has 1 unspecified atom stereocenters. The molecule has 1 aromatic carbocycles. The summed E-state index contributed by atoms with van der Waals surface area (Å²) in [6.45, 7) is 0. The number of methoxy groups -OCH3 is 1. The average Bonchev–Trinajstić information content (AvgIpc) is 2.60.